The second-order valence-electron chi connectivity index (χ2n) is 7.64. The fraction of sp³-hybridized carbons (Fsp3) is 0.250. The van der Waals surface area contributed by atoms with Crippen LogP contribution in [0.15, 0.2) is 53.6 Å². The van der Waals surface area contributed by atoms with Gasteiger partial charge in [0.25, 0.3) is 0 Å². The Labute approximate surface area is 200 Å². The Hall–Kier alpha value is -3.76. The van der Waals surface area contributed by atoms with Gasteiger partial charge in [-0.15, -0.1) is 11.3 Å². The van der Waals surface area contributed by atoms with Crippen LogP contribution in [0.1, 0.15) is 18.2 Å². The van der Waals surface area contributed by atoms with E-state index in [0.29, 0.717) is 18.2 Å². The SMILES string of the molecule is Cc1cc(Nc2ncnc3cccc(O[C@H](C)CNC(=O)CO)c23)ccc1OCc1cscn1. The van der Waals surface area contributed by atoms with Gasteiger partial charge in [-0.1, -0.05) is 6.07 Å². The number of nitrogens with zero attached hydrogens (tertiary/aromatic N) is 3. The van der Waals surface area contributed by atoms with Gasteiger partial charge in [0.2, 0.25) is 5.91 Å². The largest absolute Gasteiger partial charge is 0.488 e. The lowest BCUT2D eigenvalue weighted by Gasteiger charge is -2.18. The van der Waals surface area contributed by atoms with Crippen LogP contribution >= 0.6 is 11.3 Å². The Morgan fingerprint density at radius 1 is 1.18 bits per heavy atom. The first-order chi connectivity index (χ1) is 16.5. The number of aryl methyl sites for hydroxylation is 1. The third-order valence-electron chi connectivity index (χ3n) is 4.98. The summed E-state index contributed by atoms with van der Waals surface area (Å²) in [5.41, 5.74) is 5.23. The van der Waals surface area contributed by atoms with E-state index in [-0.39, 0.29) is 12.6 Å². The molecular weight excluding hydrogens is 454 g/mol. The quantitative estimate of drug-likeness (QED) is 0.316. The lowest BCUT2D eigenvalue weighted by molar-refractivity contribution is -0.124. The van der Waals surface area contributed by atoms with Crippen molar-refractivity contribution < 1.29 is 19.4 Å². The number of hydrogen-bond donors (Lipinski definition) is 3. The summed E-state index contributed by atoms with van der Waals surface area (Å²) in [6, 6.07) is 11.4. The van der Waals surface area contributed by atoms with Gasteiger partial charge >= 0.3 is 0 Å². The van der Waals surface area contributed by atoms with Gasteiger partial charge in [-0.05, 0) is 49.7 Å². The van der Waals surface area contributed by atoms with E-state index in [4.69, 9.17) is 14.6 Å². The first-order valence-corrected chi connectivity index (χ1v) is 11.6. The predicted molar refractivity (Wildman–Crippen MR) is 131 cm³/mol. The number of rotatable bonds is 10. The number of aliphatic hydroxyl groups excluding tert-OH is 1. The second kappa shape index (κ2) is 10.9. The van der Waals surface area contributed by atoms with Gasteiger partial charge < -0.3 is 25.2 Å². The summed E-state index contributed by atoms with van der Waals surface area (Å²) in [6.45, 7) is 3.94. The highest BCUT2D eigenvalue weighted by Gasteiger charge is 2.14. The monoisotopic (exact) mass is 479 g/mol. The molecule has 0 bridgehead atoms. The zero-order valence-electron chi connectivity index (χ0n) is 18.8. The van der Waals surface area contributed by atoms with Crippen molar-refractivity contribution in [2.24, 2.45) is 0 Å². The molecule has 0 fully saturated rings. The highest BCUT2D eigenvalue weighted by atomic mass is 32.1. The summed E-state index contributed by atoms with van der Waals surface area (Å²) >= 11 is 1.54. The van der Waals surface area contributed by atoms with Gasteiger partial charge in [-0.25, -0.2) is 15.0 Å². The third kappa shape index (κ3) is 5.77. The maximum absolute atomic E-state index is 11.3. The predicted octanol–water partition coefficient (Wildman–Crippen LogP) is 3.59. The summed E-state index contributed by atoms with van der Waals surface area (Å²) in [5, 5.41) is 17.5. The topological polar surface area (TPSA) is 118 Å². The van der Waals surface area contributed by atoms with Gasteiger partial charge in [0, 0.05) is 11.1 Å². The molecule has 0 spiro atoms. The highest BCUT2D eigenvalue weighted by molar-refractivity contribution is 7.07. The number of ether oxygens (including phenoxy) is 2. The average Bonchev–Trinajstić information content (AvgIpc) is 3.36. The summed E-state index contributed by atoms with van der Waals surface area (Å²) in [7, 11) is 0. The summed E-state index contributed by atoms with van der Waals surface area (Å²) in [6.07, 6.45) is 1.17. The number of fused-ring (bicyclic) bond motifs is 1. The number of carbonyl (C=O) groups excluding carboxylic acids is 1. The molecule has 4 rings (SSSR count). The Bertz CT molecular complexity index is 1260. The van der Waals surface area contributed by atoms with Gasteiger partial charge in [-0.3, -0.25) is 4.79 Å². The number of hydrogen-bond acceptors (Lipinski definition) is 9. The Balaban J connectivity index is 1.52. The van der Waals surface area contributed by atoms with Crippen LogP contribution in [0.5, 0.6) is 11.5 Å². The lowest BCUT2D eigenvalue weighted by atomic mass is 10.1. The number of nitrogens with one attached hydrogen (secondary N) is 2. The van der Waals surface area contributed by atoms with E-state index < -0.39 is 12.5 Å². The fourth-order valence-electron chi connectivity index (χ4n) is 3.33. The zero-order chi connectivity index (χ0) is 23.9. The smallest absolute Gasteiger partial charge is 0.245 e. The molecule has 0 radical (unpaired) electrons. The third-order valence-corrected chi connectivity index (χ3v) is 5.62. The first-order valence-electron chi connectivity index (χ1n) is 10.7. The number of aliphatic hydroxyl groups is 1. The van der Waals surface area contributed by atoms with Gasteiger partial charge in [0.15, 0.2) is 0 Å². The molecule has 9 nitrogen and oxygen atoms in total. The maximum atomic E-state index is 11.3. The molecule has 0 saturated carbocycles. The van der Waals surface area contributed by atoms with Crippen molar-refractivity contribution in [2.75, 3.05) is 18.5 Å². The minimum absolute atomic E-state index is 0.258. The van der Waals surface area contributed by atoms with Crippen LogP contribution in [0.2, 0.25) is 0 Å². The molecule has 3 N–H and O–H groups in total. The molecule has 0 aliphatic carbocycles. The molecule has 34 heavy (non-hydrogen) atoms. The summed E-state index contributed by atoms with van der Waals surface area (Å²) < 4.78 is 12.0. The number of anilines is 2. The molecular formula is C24H25N5O4S. The van der Waals surface area contributed by atoms with Crippen molar-refractivity contribution in [3.63, 3.8) is 0 Å². The number of thiazole rings is 1. The van der Waals surface area contributed by atoms with Crippen LogP contribution in [0.25, 0.3) is 10.9 Å². The number of amides is 1. The molecule has 2 aromatic carbocycles. The molecule has 2 aromatic heterocycles. The number of benzene rings is 2. The number of carbonyl (C=O) groups is 1. The minimum atomic E-state index is -0.559. The molecule has 0 saturated heterocycles. The van der Waals surface area contributed by atoms with Crippen LogP contribution in [0, 0.1) is 6.92 Å². The Morgan fingerprint density at radius 3 is 2.82 bits per heavy atom. The minimum Gasteiger partial charge on any atom is -0.488 e. The number of aromatic nitrogens is 3. The molecule has 1 amide bonds. The Kier molecular flexibility index (Phi) is 7.51. The Morgan fingerprint density at radius 2 is 2.06 bits per heavy atom. The van der Waals surface area contributed by atoms with Crippen LogP contribution in [-0.4, -0.2) is 45.2 Å². The highest BCUT2D eigenvalue weighted by Crippen LogP contribution is 2.33. The molecule has 1 atom stereocenters. The van der Waals surface area contributed by atoms with Crippen LogP contribution < -0.4 is 20.1 Å². The van der Waals surface area contributed by atoms with E-state index in [1.807, 2.05) is 55.6 Å². The zero-order valence-corrected chi connectivity index (χ0v) is 19.6. The molecule has 0 unspecified atom stereocenters. The molecule has 176 valence electrons. The molecule has 0 aliphatic rings. The van der Waals surface area contributed by atoms with E-state index in [0.717, 1.165) is 33.6 Å². The van der Waals surface area contributed by atoms with Crippen molar-refractivity contribution in [3.05, 3.63) is 64.9 Å². The molecule has 4 aromatic rings. The van der Waals surface area contributed by atoms with Crippen molar-refractivity contribution in [2.45, 2.75) is 26.6 Å². The van der Waals surface area contributed by atoms with Crippen molar-refractivity contribution in [1.82, 2.24) is 20.3 Å². The van der Waals surface area contributed by atoms with Crippen molar-refractivity contribution >= 4 is 39.7 Å². The maximum Gasteiger partial charge on any atom is 0.245 e. The van der Waals surface area contributed by atoms with Gasteiger partial charge in [0.05, 0.1) is 28.7 Å². The van der Waals surface area contributed by atoms with E-state index in [2.05, 4.69) is 25.6 Å². The normalized spacial score (nSPS) is 11.7. The fourth-order valence-corrected chi connectivity index (χ4v) is 3.87. The first kappa shape index (κ1) is 23.4. The van der Waals surface area contributed by atoms with Crippen molar-refractivity contribution in [3.8, 4) is 11.5 Å². The molecule has 0 aliphatic heterocycles. The standard InChI is InChI=1S/C24H25N5O4S/c1-15-8-17(6-7-20(15)32-11-18-12-34-14-28-18)29-24-23-19(26-13-27-24)4-3-5-21(23)33-16(2)9-25-22(31)10-30/h3-8,12-14,16,30H,9-11H2,1-2H3,(H,25,31)(H,26,27,29)/t16-/m1/s1. The lowest BCUT2D eigenvalue weighted by Crippen LogP contribution is -2.35. The molecule has 10 heteroatoms. The van der Waals surface area contributed by atoms with E-state index in [1.165, 1.54) is 6.33 Å². The second-order valence-corrected chi connectivity index (χ2v) is 8.36. The van der Waals surface area contributed by atoms with Crippen LogP contribution in [-0.2, 0) is 11.4 Å². The van der Waals surface area contributed by atoms with Crippen LogP contribution in [0.3, 0.4) is 0 Å². The van der Waals surface area contributed by atoms with E-state index >= 15 is 0 Å². The van der Waals surface area contributed by atoms with E-state index in [9.17, 15) is 4.79 Å². The van der Waals surface area contributed by atoms with E-state index in [1.54, 1.807) is 16.8 Å². The van der Waals surface area contributed by atoms with Crippen LogP contribution in [0.4, 0.5) is 11.5 Å². The van der Waals surface area contributed by atoms with Gasteiger partial charge in [0.1, 0.15) is 43.0 Å². The summed E-state index contributed by atoms with van der Waals surface area (Å²) in [4.78, 5) is 24.4. The summed E-state index contributed by atoms with van der Waals surface area (Å²) in [5.74, 6) is 1.52. The van der Waals surface area contributed by atoms with Crippen molar-refractivity contribution in [1.29, 1.82) is 0 Å². The average molecular weight is 480 g/mol. The van der Waals surface area contributed by atoms with Gasteiger partial charge in [-0.2, -0.15) is 0 Å². The molecule has 2 heterocycles.